The first kappa shape index (κ1) is 39.6. The second kappa shape index (κ2) is 16.6. The Kier molecular flexibility index (Phi) is 9.68. The summed E-state index contributed by atoms with van der Waals surface area (Å²) >= 11 is 0. The molecule has 0 saturated carbocycles. The standard InChI is InChI=1S/C66H46N2/c1-5-19-45(20-6-1)49-35-37-58-56-31-13-15-33-62(56)67(64(58)43-49)54-29-17-27-51(39-54)60-41-53(47-23-9-3-10-24-47)42-61(66(60)48-25-11-4-12-26-48)52-28-18-30-55(40-52)68-63-34-16-14-32-57(63)59-38-36-50(44-65(59)68)46-21-7-2-8-22-46/h1-43,50H,44H2. The average Bonchev–Trinajstić information content (AvgIpc) is 3.94. The Morgan fingerprint density at radius 1 is 0.324 bits per heavy atom. The maximum absolute atomic E-state index is 2.52. The lowest BCUT2D eigenvalue weighted by Crippen LogP contribution is -2.10. The summed E-state index contributed by atoms with van der Waals surface area (Å²) in [4.78, 5) is 0. The van der Waals surface area contributed by atoms with Crippen molar-refractivity contribution < 1.29 is 0 Å². The van der Waals surface area contributed by atoms with Gasteiger partial charge in [0.15, 0.2) is 0 Å². The number of fused-ring (bicyclic) bond motifs is 6. The highest BCUT2D eigenvalue weighted by Gasteiger charge is 2.25. The van der Waals surface area contributed by atoms with Gasteiger partial charge in [0.2, 0.25) is 0 Å². The van der Waals surface area contributed by atoms with E-state index >= 15 is 0 Å². The van der Waals surface area contributed by atoms with E-state index in [9.17, 15) is 0 Å². The molecular formula is C66H46N2. The van der Waals surface area contributed by atoms with E-state index in [1.807, 2.05) is 0 Å². The van der Waals surface area contributed by atoms with Crippen LogP contribution in [-0.4, -0.2) is 9.13 Å². The van der Waals surface area contributed by atoms with Crippen LogP contribution in [0.5, 0.6) is 0 Å². The monoisotopic (exact) mass is 866 g/mol. The van der Waals surface area contributed by atoms with Crippen LogP contribution in [-0.2, 0) is 6.42 Å². The van der Waals surface area contributed by atoms with E-state index in [1.54, 1.807) is 0 Å². The maximum atomic E-state index is 2.52. The zero-order valence-corrected chi connectivity index (χ0v) is 37.5. The van der Waals surface area contributed by atoms with Gasteiger partial charge in [0.1, 0.15) is 0 Å². The van der Waals surface area contributed by atoms with Crippen molar-refractivity contribution in [3.8, 4) is 67.0 Å². The minimum Gasteiger partial charge on any atom is -0.313 e. The van der Waals surface area contributed by atoms with Gasteiger partial charge in [-0.05, 0) is 122 Å². The highest BCUT2D eigenvalue weighted by atomic mass is 15.0. The number of para-hydroxylation sites is 2. The van der Waals surface area contributed by atoms with E-state index in [0.29, 0.717) is 5.92 Å². The lowest BCUT2D eigenvalue weighted by molar-refractivity contribution is 0.783. The summed E-state index contributed by atoms with van der Waals surface area (Å²) in [6.45, 7) is 0. The molecule has 2 aromatic heterocycles. The SMILES string of the molecule is C1=CC(c2ccccc2)Cc2c1c1ccccc1n2-c1cccc(-c2cc(-c3ccccc3)cc(-c3cccc(-n4c5ccccc5c5ccc(-c6ccccc6)cc54)c3)c2-c2ccccc2)c1. The Hall–Kier alpha value is -8.72. The third kappa shape index (κ3) is 6.81. The van der Waals surface area contributed by atoms with Crippen molar-refractivity contribution in [1.29, 1.82) is 0 Å². The summed E-state index contributed by atoms with van der Waals surface area (Å²) in [7, 11) is 0. The first-order valence-electron chi connectivity index (χ1n) is 23.7. The summed E-state index contributed by atoms with van der Waals surface area (Å²) in [6, 6.07) is 91.3. The molecule has 1 unspecified atom stereocenters. The van der Waals surface area contributed by atoms with Crippen LogP contribution in [0, 0.1) is 0 Å². The molecule has 0 spiro atoms. The van der Waals surface area contributed by atoms with E-state index in [4.69, 9.17) is 0 Å². The van der Waals surface area contributed by atoms with Crippen LogP contribution >= 0.6 is 0 Å². The van der Waals surface area contributed by atoms with Crippen molar-refractivity contribution in [1.82, 2.24) is 9.13 Å². The van der Waals surface area contributed by atoms with E-state index in [-0.39, 0.29) is 0 Å². The van der Waals surface area contributed by atoms with Crippen molar-refractivity contribution in [2.75, 3.05) is 0 Å². The van der Waals surface area contributed by atoms with E-state index in [2.05, 4.69) is 270 Å². The third-order valence-electron chi connectivity index (χ3n) is 14.1. The predicted molar refractivity (Wildman–Crippen MR) is 287 cm³/mol. The molecule has 68 heavy (non-hydrogen) atoms. The summed E-state index contributed by atoms with van der Waals surface area (Å²) < 4.78 is 4.98. The fourth-order valence-electron chi connectivity index (χ4n) is 10.9. The van der Waals surface area contributed by atoms with Crippen LogP contribution in [0.2, 0.25) is 0 Å². The molecule has 1 aliphatic rings. The molecule has 0 aliphatic heterocycles. The van der Waals surface area contributed by atoms with Crippen LogP contribution in [0.4, 0.5) is 0 Å². The summed E-state index contributed by atoms with van der Waals surface area (Å²) in [6.07, 6.45) is 5.68. The molecule has 2 nitrogen and oxygen atoms in total. The molecule has 0 saturated heterocycles. The molecule has 10 aromatic carbocycles. The summed E-state index contributed by atoms with van der Waals surface area (Å²) in [5.41, 5.74) is 21.8. The van der Waals surface area contributed by atoms with Crippen molar-refractivity contribution in [2.45, 2.75) is 12.3 Å². The Morgan fingerprint density at radius 2 is 0.824 bits per heavy atom. The Morgan fingerprint density at radius 3 is 1.47 bits per heavy atom. The fraction of sp³-hybridized carbons (Fsp3) is 0.0303. The molecule has 0 radical (unpaired) electrons. The van der Waals surface area contributed by atoms with Gasteiger partial charge >= 0.3 is 0 Å². The fourth-order valence-corrected chi connectivity index (χ4v) is 10.9. The van der Waals surface area contributed by atoms with Gasteiger partial charge in [-0.3, -0.25) is 0 Å². The zero-order valence-electron chi connectivity index (χ0n) is 37.5. The second-order valence-electron chi connectivity index (χ2n) is 18.0. The predicted octanol–water partition coefficient (Wildman–Crippen LogP) is 17.4. The van der Waals surface area contributed by atoms with Gasteiger partial charge in [-0.1, -0.05) is 206 Å². The van der Waals surface area contributed by atoms with E-state index in [1.165, 1.54) is 99.6 Å². The normalized spacial score (nSPS) is 13.3. The largest absolute Gasteiger partial charge is 0.313 e. The molecule has 0 bridgehead atoms. The smallest absolute Gasteiger partial charge is 0.0547 e. The van der Waals surface area contributed by atoms with Gasteiger partial charge in [0.05, 0.1) is 16.6 Å². The molecular weight excluding hydrogens is 821 g/mol. The maximum Gasteiger partial charge on any atom is 0.0547 e. The molecule has 1 aliphatic carbocycles. The average molecular weight is 867 g/mol. The van der Waals surface area contributed by atoms with Gasteiger partial charge in [-0.2, -0.15) is 0 Å². The highest BCUT2D eigenvalue weighted by molar-refractivity contribution is 6.10. The minimum absolute atomic E-state index is 0.300. The second-order valence-corrected chi connectivity index (χ2v) is 18.0. The minimum atomic E-state index is 0.300. The number of aromatic nitrogens is 2. The lowest BCUT2D eigenvalue weighted by atomic mass is 9.84. The molecule has 0 amide bonds. The number of hydrogen-bond donors (Lipinski definition) is 0. The molecule has 0 fully saturated rings. The summed E-state index contributed by atoms with van der Waals surface area (Å²) in [5.74, 6) is 0.300. The third-order valence-corrected chi connectivity index (χ3v) is 14.1. The lowest BCUT2D eigenvalue weighted by Gasteiger charge is -2.22. The number of hydrogen-bond acceptors (Lipinski definition) is 0. The Labute approximate surface area is 397 Å². The van der Waals surface area contributed by atoms with E-state index in [0.717, 1.165) is 23.4 Å². The number of benzene rings is 10. The van der Waals surface area contributed by atoms with Gasteiger partial charge in [-0.15, -0.1) is 0 Å². The van der Waals surface area contributed by atoms with Crippen LogP contribution in [0.15, 0.2) is 255 Å². The van der Waals surface area contributed by atoms with Crippen molar-refractivity contribution in [3.63, 3.8) is 0 Å². The molecule has 320 valence electrons. The zero-order chi connectivity index (χ0) is 45.0. The molecule has 0 N–H and O–H groups in total. The van der Waals surface area contributed by atoms with Gasteiger partial charge < -0.3 is 9.13 Å². The number of nitrogens with zero attached hydrogens (tertiary/aromatic N) is 2. The Balaban J connectivity index is 1.03. The Bertz CT molecular complexity index is 3860. The molecule has 12 aromatic rings. The van der Waals surface area contributed by atoms with Gasteiger partial charge in [0, 0.05) is 44.7 Å². The highest BCUT2D eigenvalue weighted by Crippen LogP contribution is 2.46. The van der Waals surface area contributed by atoms with Gasteiger partial charge in [0.25, 0.3) is 0 Å². The van der Waals surface area contributed by atoms with Crippen LogP contribution < -0.4 is 0 Å². The first-order valence-corrected chi connectivity index (χ1v) is 23.7. The van der Waals surface area contributed by atoms with E-state index < -0.39 is 0 Å². The molecule has 13 rings (SSSR count). The van der Waals surface area contributed by atoms with Crippen molar-refractivity contribution >= 4 is 38.8 Å². The van der Waals surface area contributed by atoms with Crippen LogP contribution in [0.25, 0.3) is 106 Å². The molecule has 2 heteroatoms. The quantitative estimate of drug-likeness (QED) is 0.144. The summed E-state index contributed by atoms with van der Waals surface area (Å²) in [5, 5.41) is 3.77. The first-order chi connectivity index (χ1) is 33.7. The molecule has 1 atom stereocenters. The van der Waals surface area contributed by atoms with Gasteiger partial charge in [-0.25, -0.2) is 0 Å². The number of rotatable bonds is 8. The van der Waals surface area contributed by atoms with Crippen molar-refractivity contribution in [2.24, 2.45) is 0 Å². The number of allylic oxidation sites excluding steroid dienone is 1. The molecule has 2 heterocycles. The van der Waals surface area contributed by atoms with Crippen LogP contribution in [0.3, 0.4) is 0 Å². The topological polar surface area (TPSA) is 9.86 Å². The van der Waals surface area contributed by atoms with Crippen molar-refractivity contribution in [3.05, 3.63) is 272 Å². The van der Waals surface area contributed by atoms with Crippen LogP contribution in [0.1, 0.15) is 22.7 Å².